The number of nitrogens with zero attached hydrogens (tertiary/aromatic N) is 6. The summed E-state index contributed by atoms with van der Waals surface area (Å²) in [4.78, 5) is 75.7. The van der Waals surface area contributed by atoms with Crippen LogP contribution in [0.3, 0.4) is 0 Å². The molecule has 21 heteroatoms. The smallest absolute Gasteiger partial charge is 0.323 e. The fourth-order valence-corrected chi connectivity index (χ4v) is 6.16. The first-order chi connectivity index (χ1) is 36.3. The quantitative estimate of drug-likeness (QED) is 0.0755. The molecule has 0 aliphatic rings. The van der Waals surface area contributed by atoms with Crippen molar-refractivity contribution in [3.05, 3.63) is 134 Å². The van der Waals surface area contributed by atoms with Gasteiger partial charge in [-0.1, -0.05) is 65.8 Å². The van der Waals surface area contributed by atoms with Crippen LogP contribution in [0.25, 0.3) is 21.5 Å². The standard InChI is InChI=1S/C14H17N3O.C13H15N3O.C11H17N3O.C10H15N3O.C9H15N3O2/c1-14(2,3)17-13(18)16-12-11-7-5-4-6-10(11)8-9-15-12;1-9(2)15-13(17)16-12-7-10-5-3-4-6-11(10)8-14-12;1-11(2,3)13-10(15)14(4)9-7-5-6-8-12-9;1-10(2,3)13-9(14)12-8-6-4-5-7-11-8;1-6-5-7(12-14-6)10-8(13)11-9(2,3)4/h4-9H,1-3H3,(H2,15,16,17,18);3-9H,1-2H3,(H2,14,15,16,17);5-8H,1-4H3,(H,13,15);4-7H,1-3H3,(H2,11,12,13,14);5H,1-4H3,(H2,10,11,12,13). The van der Waals surface area contributed by atoms with Crippen LogP contribution in [0.1, 0.15) is 103 Å². The Kier molecular flexibility index (Phi) is 23.9. The van der Waals surface area contributed by atoms with Crippen molar-refractivity contribution in [3.63, 3.8) is 0 Å². The predicted molar refractivity (Wildman–Crippen MR) is 313 cm³/mol. The summed E-state index contributed by atoms with van der Waals surface area (Å²) in [6, 6.07) is 30.9. The van der Waals surface area contributed by atoms with Crippen LogP contribution in [0.4, 0.5) is 53.1 Å². The highest BCUT2D eigenvalue weighted by Gasteiger charge is 2.19. The summed E-state index contributed by atoms with van der Waals surface area (Å²) in [6.07, 6.45) is 6.73. The first-order valence-electron chi connectivity index (χ1n) is 25.2. The molecule has 5 heterocycles. The molecular weight excluding hydrogens is 991 g/mol. The summed E-state index contributed by atoms with van der Waals surface area (Å²) in [5.41, 5.74) is -1.00. The number of hydrogen-bond acceptors (Lipinski definition) is 11. The number of fused-ring (bicyclic) bond motifs is 2. The summed E-state index contributed by atoms with van der Waals surface area (Å²) >= 11 is 0. The lowest BCUT2D eigenvalue weighted by Gasteiger charge is -2.25. The molecule has 10 amide bonds. The molecule has 2 aromatic carbocycles. The molecule has 0 aliphatic heterocycles. The topological polar surface area (TPSA) is 274 Å². The van der Waals surface area contributed by atoms with Crippen LogP contribution >= 0.6 is 0 Å². The lowest BCUT2D eigenvalue weighted by Crippen LogP contribution is -2.47. The fraction of sp³-hybridized carbons (Fsp3) is 0.368. The van der Waals surface area contributed by atoms with Crippen molar-refractivity contribution in [1.82, 2.24) is 51.7 Å². The number of carbonyl (C=O) groups is 5. The first kappa shape index (κ1) is 63.4. The van der Waals surface area contributed by atoms with Crippen molar-refractivity contribution in [3.8, 4) is 0 Å². The number of benzene rings is 2. The average Bonchev–Trinajstić information content (AvgIpc) is 3.73. The van der Waals surface area contributed by atoms with Gasteiger partial charge in [0.1, 0.15) is 29.0 Å². The number of amides is 10. The van der Waals surface area contributed by atoms with E-state index in [1.807, 2.05) is 176 Å². The Hall–Kier alpha value is -8.88. The maximum Gasteiger partial charge on any atom is 0.323 e. The van der Waals surface area contributed by atoms with Crippen molar-refractivity contribution in [2.75, 3.05) is 33.2 Å². The number of hydrogen-bond donors (Lipinski definition) is 9. The predicted octanol–water partition coefficient (Wildman–Crippen LogP) is 11.9. The largest absolute Gasteiger partial charge is 0.360 e. The molecule has 0 atom stereocenters. The van der Waals surface area contributed by atoms with Gasteiger partial charge in [0.2, 0.25) is 0 Å². The second-order valence-corrected chi connectivity index (χ2v) is 22.0. The van der Waals surface area contributed by atoms with Gasteiger partial charge in [-0.2, -0.15) is 0 Å². The van der Waals surface area contributed by atoms with Crippen LogP contribution in [-0.2, 0) is 0 Å². The Morgan fingerprint density at radius 1 is 0.487 bits per heavy atom. The maximum absolute atomic E-state index is 11.8. The molecule has 78 heavy (non-hydrogen) atoms. The van der Waals surface area contributed by atoms with Crippen molar-refractivity contribution < 1.29 is 28.5 Å². The minimum absolute atomic E-state index is 0.107. The van der Waals surface area contributed by atoms with Gasteiger partial charge in [0, 0.05) is 76.9 Å². The van der Waals surface area contributed by atoms with Crippen LogP contribution < -0.4 is 52.8 Å². The maximum atomic E-state index is 11.8. The summed E-state index contributed by atoms with van der Waals surface area (Å²) in [5, 5.41) is 32.4. The number of urea groups is 5. The molecule has 418 valence electrons. The Morgan fingerprint density at radius 2 is 0.987 bits per heavy atom. The monoisotopic (exact) mass is 1070 g/mol. The molecule has 0 spiro atoms. The molecule has 7 rings (SSSR count). The van der Waals surface area contributed by atoms with E-state index >= 15 is 0 Å². The SMILES string of the molecule is CC(C)(C)NC(=O)Nc1ccccn1.CC(C)(C)NC(=O)Nc1nccc2ccccc12.CC(C)NC(=O)Nc1cc2ccccc2cn1.CN(C(=O)NC(C)(C)C)c1ccccn1.Cc1cc(NC(=O)NC(C)(C)C)no1. The minimum atomic E-state index is -0.286. The second-order valence-electron chi connectivity index (χ2n) is 22.0. The van der Waals surface area contributed by atoms with Crippen LogP contribution in [0.15, 0.2) is 132 Å². The summed E-state index contributed by atoms with van der Waals surface area (Å²) in [6.45, 7) is 28.7. The molecule has 9 N–H and O–H groups in total. The van der Waals surface area contributed by atoms with Gasteiger partial charge in [-0.05, 0) is 151 Å². The van der Waals surface area contributed by atoms with Gasteiger partial charge >= 0.3 is 30.2 Å². The van der Waals surface area contributed by atoms with Crippen LogP contribution in [-0.4, -0.2) is 90.5 Å². The number of rotatable bonds is 6. The summed E-state index contributed by atoms with van der Waals surface area (Å²) in [5.74, 6) is 3.41. The zero-order valence-corrected chi connectivity index (χ0v) is 47.8. The third-order valence-electron chi connectivity index (χ3n) is 9.22. The fourth-order valence-electron chi connectivity index (χ4n) is 6.16. The van der Waals surface area contributed by atoms with E-state index in [-0.39, 0.29) is 58.4 Å². The average molecular weight is 1070 g/mol. The van der Waals surface area contributed by atoms with Gasteiger partial charge in [0.05, 0.1) is 0 Å². The lowest BCUT2D eigenvalue weighted by atomic mass is 10.1. The van der Waals surface area contributed by atoms with Gasteiger partial charge in [-0.25, -0.2) is 43.9 Å². The minimum Gasteiger partial charge on any atom is -0.360 e. The van der Waals surface area contributed by atoms with Gasteiger partial charge in [0.15, 0.2) is 5.82 Å². The van der Waals surface area contributed by atoms with Crippen molar-refractivity contribution >= 4 is 80.8 Å². The van der Waals surface area contributed by atoms with Gasteiger partial charge < -0.3 is 31.1 Å². The number of anilines is 5. The van der Waals surface area contributed by atoms with Gasteiger partial charge in [-0.3, -0.25) is 26.2 Å². The third kappa shape index (κ3) is 26.6. The third-order valence-corrected chi connectivity index (χ3v) is 9.22. The Morgan fingerprint density at radius 3 is 1.50 bits per heavy atom. The van der Waals surface area contributed by atoms with Crippen LogP contribution in [0, 0.1) is 6.92 Å². The highest BCUT2D eigenvalue weighted by Crippen LogP contribution is 2.21. The zero-order valence-electron chi connectivity index (χ0n) is 47.8. The molecule has 0 fully saturated rings. The van der Waals surface area contributed by atoms with Gasteiger partial charge in [0.25, 0.3) is 0 Å². The summed E-state index contributed by atoms with van der Waals surface area (Å²) in [7, 11) is 1.70. The number of aryl methyl sites for hydroxylation is 1. The normalized spacial score (nSPS) is 10.9. The summed E-state index contributed by atoms with van der Waals surface area (Å²) < 4.78 is 4.80. The molecule has 21 nitrogen and oxygen atoms in total. The first-order valence-corrected chi connectivity index (χ1v) is 25.2. The molecule has 0 saturated heterocycles. The van der Waals surface area contributed by atoms with E-state index in [2.05, 4.69) is 72.9 Å². The Bertz CT molecular complexity index is 2990. The molecule has 7 aromatic rings. The van der Waals surface area contributed by atoms with Crippen LogP contribution in [0.2, 0.25) is 0 Å². The molecule has 0 unspecified atom stereocenters. The van der Waals surface area contributed by atoms with E-state index in [0.717, 1.165) is 21.5 Å². The van der Waals surface area contributed by atoms with E-state index in [9.17, 15) is 24.0 Å². The van der Waals surface area contributed by atoms with E-state index in [0.29, 0.717) is 34.8 Å². The van der Waals surface area contributed by atoms with Gasteiger partial charge in [-0.15, -0.1) is 0 Å². The Balaban J connectivity index is 0.000000257. The molecule has 0 saturated carbocycles. The van der Waals surface area contributed by atoms with Crippen molar-refractivity contribution in [1.29, 1.82) is 0 Å². The number of nitrogens with one attached hydrogen (secondary N) is 9. The lowest BCUT2D eigenvalue weighted by molar-refractivity contribution is 0.238. The number of pyridine rings is 4. The molecule has 5 aromatic heterocycles. The number of carbonyl (C=O) groups excluding carboxylic acids is 5. The van der Waals surface area contributed by atoms with Crippen molar-refractivity contribution in [2.45, 2.75) is 132 Å². The highest BCUT2D eigenvalue weighted by molar-refractivity contribution is 6.00. The van der Waals surface area contributed by atoms with Crippen LogP contribution in [0.5, 0.6) is 0 Å². The highest BCUT2D eigenvalue weighted by atomic mass is 16.5. The molecular formula is C57H79N15O6. The van der Waals surface area contributed by atoms with E-state index < -0.39 is 0 Å². The number of aromatic nitrogens is 5. The second kappa shape index (κ2) is 29.4. The van der Waals surface area contributed by atoms with Crippen molar-refractivity contribution in [2.24, 2.45) is 0 Å². The molecule has 0 bridgehead atoms. The molecule has 0 radical (unpaired) electrons. The van der Waals surface area contributed by atoms with E-state index in [1.165, 1.54) is 4.90 Å². The van der Waals surface area contributed by atoms with E-state index in [1.54, 1.807) is 63.0 Å². The zero-order chi connectivity index (χ0) is 58.3. The molecule has 0 aliphatic carbocycles. The Labute approximate surface area is 458 Å². The van der Waals surface area contributed by atoms with E-state index in [4.69, 9.17) is 4.52 Å².